The number of fused-ring (bicyclic) bond motifs is 1. The third kappa shape index (κ3) is 2.95. The van der Waals surface area contributed by atoms with Gasteiger partial charge >= 0.3 is 0 Å². The van der Waals surface area contributed by atoms with Crippen molar-refractivity contribution in [3.05, 3.63) is 23.8 Å². The number of carbonyl (C=O) groups excluding carboxylic acids is 1. The minimum atomic E-state index is 0. The lowest BCUT2D eigenvalue weighted by Crippen LogP contribution is -2.36. The molecule has 2 saturated heterocycles. The molecule has 3 aliphatic heterocycles. The lowest BCUT2D eigenvalue weighted by molar-refractivity contribution is -0.134. The molecule has 2 unspecified atom stereocenters. The molecule has 6 heteroatoms. The SMILES string of the molecule is Cl.O=C(C1CC12CCNCC2)N1CCCC1c1ccc2c(c1)OCCO2. The fourth-order valence-electron chi connectivity index (χ4n) is 5.02. The van der Waals surface area contributed by atoms with Gasteiger partial charge in [0.15, 0.2) is 11.5 Å². The summed E-state index contributed by atoms with van der Waals surface area (Å²) in [6, 6.07) is 6.38. The first-order valence-corrected chi connectivity index (χ1v) is 9.68. The van der Waals surface area contributed by atoms with Crippen LogP contribution in [0.25, 0.3) is 0 Å². The van der Waals surface area contributed by atoms with Crippen molar-refractivity contribution in [3.8, 4) is 11.5 Å². The molecule has 1 saturated carbocycles. The Balaban J connectivity index is 0.00000168. The second kappa shape index (κ2) is 6.93. The third-order valence-corrected chi connectivity index (χ3v) is 6.57. The highest BCUT2D eigenvalue weighted by Gasteiger charge is 2.59. The summed E-state index contributed by atoms with van der Waals surface area (Å²) in [5.41, 5.74) is 1.50. The largest absolute Gasteiger partial charge is 0.486 e. The smallest absolute Gasteiger partial charge is 0.226 e. The summed E-state index contributed by atoms with van der Waals surface area (Å²) in [4.78, 5) is 15.3. The number of nitrogens with zero attached hydrogens (tertiary/aromatic N) is 1. The molecule has 4 aliphatic rings. The van der Waals surface area contributed by atoms with E-state index in [0.29, 0.717) is 24.5 Å². The molecule has 0 bridgehead atoms. The number of amides is 1. The lowest BCUT2D eigenvalue weighted by Gasteiger charge is -2.29. The zero-order valence-electron chi connectivity index (χ0n) is 15.0. The van der Waals surface area contributed by atoms with Gasteiger partial charge in [0.25, 0.3) is 0 Å². The fraction of sp³-hybridized carbons (Fsp3) is 0.650. The van der Waals surface area contributed by atoms with Crippen molar-refractivity contribution in [2.45, 2.75) is 38.1 Å². The predicted molar refractivity (Wildman–Crippen MR) is 101 cm³/mol. The Morgan fingerprint density at radius 3 is 2.73 bits per heavy atom. The van der Waals surface area contributed by atoms with Crippen LogP contribution in [0.3, 0.4) is 0 Å². The van der Waals surface area contributed by atoms with E-state index in [9.17, 15) is 4.79 Å². The summed E-state index contributed by atoms with van der Waals surface area (Å²) < 4.78 is 11.4. The number of carbonyl (C=O) groups is 1. The Hall–Kier alpha value is -1.46. The normalized spacial score (nSPS) is 28.5. The first kappa shape index (κ1) is 17.9. The summed E-state index contributed by atoms with van der Waals surface area (Å²) in [5, 5.41) is 3.42. The Morgan fingerprint density at radius 2 is 1.92 bits per heavy atom. The first-order chi connectivity index (χ1) is 12.3. The zero-order valence-corrected chi connectivity index (χ0v) is 15.9. The number of piperidine rings is 1. The van der Waals surface area contributed by atoms with Crippen LogP contribution in [-0.4, -0.2) is 43.7 Å². The molecule has 1 aliphatic carbocycles. The van der Waals surface area contributed by atoms with Crippen LogP contribution in [0.1, 0.15) is 43.7 Å². The van der Waals surface area contributed by atoms with Crippen LogP contribution in [0.2, 0.25) is 0 Å². The van der Waals surface area contributed by atoms with E-state index in [1.165, 1.54) is 5.56 Å². The maximum absolute atomic E-state index is 13.2. The van der Waals surface area contributed by atoms with Crippen LogP contribution < -0.4 is 14.8 Å². The molecule has 1 amide bonds. The van der Waals surface area contributed by atoms with Gasteiger partial charge in [-0.25, -0.2) is 0 Å². The maximum Gasteiger partial charge on any atom is 0.226 e. The van der Waals surface area contributed by atoms with Crippen molar-refractivity contribution >= 4 is 18.3 Å². The fourth-order valence-corrected chi connectivity index (χ4v) is 5.02. The number of ether oxygens (including phenoxy) is 2. The van der Waals surface area contributed by atoms with Crippen LogP contribution in [-0.2, 0) is 4.79 Å². The molecule has 0 aromatic heterocycles. The number of hydrogen-bond donors (Lipinski definition) is 1. The molecule has 5 rings (SSSR count). The second-order valence-electron chi connectivity index (χ2n) is 7.96. The summed E-state index contributed by atoms with van der Waals surface area (Å²) in [5.74, 6) is 2.29. The van der Waals surface area contributed by atoms with Gasteiger partial charge in [0, 0.05) is 12.5 Å². The predicted octanol–water partition coefficient (Wildman–Crippen LogP) is 2.93. The van der Waals surface area contributed by atoms with E-state index < -0.39 is 0 Å². The summed E-state index contributed by atoms with van der Waals surface area (Å²) >= 11 is 0. The number of likely N-dealkylation sites (tertiary alicyclic amines) is 1. The van der Waals surface area contributed by atoms with E-state index in [0.717, 1.165) is 63.2 Å². The molecule has 3 fully saturated rings. The molecule has 1 spiro atoms. The van der Waals surface area contributed by atoms with Gasteiger partial charge in [-0.1, -0.05) is 6.07 Å². The van der Waals surface area contributed by atoms with Crippen molar-refractivity contribution in [2.24, 2.45) is 11.3 Å². The van der Waals surface area contributed by atoms with E-state index in [4.69, 9.17) is 9.47 Å². The third-order valence-electron chi connectivity index (χ3n) is 6.57. The van der Waals surface area contributed by atoms with Crippen LogP contribution in [0.4, 0.5) is 0 Å². The van der Waals surface area contributed by atoms with Gasteiger partial charge in [-0.05, 0) is 68.3 Å². The van der Waals surface area contributed by atoms with E-state index in [1.807, 2.05) is 6.07 Å². The van der Waals surface area contributed by atoms with Gasteiger partial charge in [0.05, 0.1) is 6.04 Å². The molecule has 142 valence electrons. The molecule has 3 heterocycles. The number of halogens is 1. The Labute approximate surface area is 160 Å². The van der Waals surface area contributed by atoms with Crippen molar-refractivity contribution < 1.29 is 14.3 Å². The van der Waals surface area contributed by atoms with Crippen molar-refractivity contribution in [1.82, 2.24) is 10.2 Å². The van der Waals surface area contributed by atoms with Gasteiger partial charge < -0.3 is 19.7 Å². The van der Waals surface area contributed by atoms with Gasteiger partial charge in [0.1, 0.15) is 13.2 Å². The molecule has 1 aromatic carbocycles. The van der Waals surface area contributed by atoms with Crippen molar-refractivity contribution in [2.75, 3.05) is 32.8 Å². The first-order valence-electron chi connectivity index (χ1n) is 9.68. The van der Waals surface area contributed by atoms with Gasteiger partial charge in [-0.3, -0.25) is 4.79 Å². The highest BCUT2D eigenvalue weighted by atomic mass is 35.5. The second-order valence-corrected chi connectivity index (χ2v) is 7.96. The topological polar surface area (TPSA) is 50.8 Å². The molecular weight excluding hydrogens is 352 g/mol. The van der Waals surface area contributed by atoms with Crippen LogP contribution in [0, 0.1) is 11.3 Å². The highest BCUT2D eigenvalue weighted by Crippen LogP contribution is 2.60. The van der Waals surface area contributed by atoms with Crippen molar-refractivity contribution in [1.29, 1.82) is 0 Å². The number of benzene rings is 1. The van der Waals surface area contributed by atoms with E-state index in [2.05, 4.69) is 22.3 Å². The van der Waals surface area contributed by atoms with E-state index in [-0.39, 0.29) is 24.4 Å². The molecule has 1 aromatic rings. The van der Waals surface area contributed by atoms with E-state index in [1.54, 1.807) is 0 Å². The minimum Gasteiger partial charge on any atom is -0.486 e. The summed E-state index contributed by atoms with van der Waals surface area (Å²) in [7, 11) is 0. The van der Waals surface area contributed by atoms with E-state index >= 15 is 0 Å². The van der Waals surface area contributed by atoms with Gasteiger partial charge in [-0.15, -0.1) is 12.4 Å². The van der Waals surface area contributed by atoms with Gasteiger partial charge in [0.2, 0.25) is 5.91 Å². The lowest BCUT2D eigenvalue weighted by atomic mass is 9.91. The highest BCUT2D eigenvalue weighted by molar-refractivity contribution is 5.85. The Morgan fingerprint density at radius 1 is 1.15 bits per heavy atom. The monoisotopic (exact) mass is 378 g/mol. The van der Waals surface area contributed by atoms with Crippen molar-refractivity contribution in [3.63, 3.8) is 0 Å². The zero-order chi connectivity index (χ0) is 16.9. The average Bonchev–Trinajstić information content (AvgIpc) is 3.13. The van der Waals surface area contributed by atoms with Crippen LogP contribution in [0.15, 0.2) is 18.2 Å². The summed E-state index contributed by atoms with van der Waals surface area (Å²) in [6.07, 6.45) is 5.55. The Bertz CT molecular complexity index is 690. The van der Waals surface area contributed by atoms with Crippen LogP contribution >= 0.6 is 12.4 Å². The molecule has 0 radical (unpaired) electrons. The molecule has 1 N–H and O–H groups in total. The molecule has 2 atom stereocenters. The quantitative estimate of drug-likeness (QED) is 0.859. The molecular formula is C20H27ClN2O3. The molecule has 5 nitrogen and oxygen atoms in total. The minimum absolute atomic E-state index is 0. The Kier molecular flexibility index (Phi) is 4.78. The average molecular weight is 379 g/mol. The summed E-state index contributed by atoms with van der Waals surface area (Å²) in [6.45, 7) is 4.23. The molecule has 26 heavy (non-hydrogen) atoms. The maximum atomic E-state index is 13.2. The van der Waals surface area contributed by atoms with Crippen LogP contribution in [0.5, 0.6) is 11.5 Å². The standard InChI is InChI=1S/C20H26N2O3.ClH/c23-19(15-13-20(15)5-7-21-8-6-20)22-9-1-2-16(22)14-3-4-17-18(12-14)25-11-10-24-17;/h3-4,12,15-16,21H,1-2,5-11,13H2;1H. The van der Waals surface area contributed by atoms with Gasteiger partial charge in [-0.2, -0.15) is 0 Å². The number of hydrogen-bond acceptors (Lipinski definition) is 4. The number of nitrogens with one attached hydrogen (secondary N) is 1. The number of rotatable bonds is 2.